The number of nitrogen functional groups attached to an aromatic ring is 1. The number of nitrogens with zero attached hydrogens (tertiary/aromatic N) is 2. The number of H-pyrrole nitrogens is 1. The molecule has 3 rings (SSSR count). The van der Waals surface area contributed by atoms with Crippen LogP contribution in [0.4, 0.5) is 5.69 Å². The Morgan fingerprint density at radius 3 is 3.14 bits per heavy atom. The van der Waals surface area contributed by atoms with Crippen molar-refractivity contribution in [2.24, 2.45) is 0 Å². The van der Waals surface area contributed by atoms with Crippen molar-refractivity contribution < 1.29 is 5.11 Å². The molecule has 0 amide bonds. The predicted molar refractivity (Wildman–Crippen MR) is 81.5 cm³/mol. The number of nitrogens with two attached hydrogens (primary N) is 1. The van der Waals surface area contributed by atoms with Crippen LogP contribution in [0.3, 0.4) is 0 Å². The average Bonchev–Trinajstić information content (AvgIpc) is 3.13. The first kappa shape index (κ1) is 13.8. The molecular formula is C15H19N5O. The molecule has 0 aliphatic heterocycles. The summed E-state index contributed by atoms with van der Waals surface area (Å²) in [5.74, 6) is 0. The van der Waals surface area contributed by atoms with Gasteiger partial charge in [-0.1, -0.05) is 6.08 Å². The van der Waals surface area contributed by atoms with E-state index in [9.17, 15) is 5.11 Å². The quantitative estimate of drug-likeness (QED) is 0.620. The highest BCUT2D eigenvalue weighted by Gasteiger charge is 2.18. The van der Waals surface area contributed by atoms with Crippen LogP contribution >= 0.6 is 0 Å². The maximum Gasteiger partial charge on any atom is 0.0921 e. The molecule has 6 heteroatoms. The van der Waals surface area contributed by atoms with Crippen LogP contribution in [0.1, 0.15) is 17.0 Å². The number of hydrogen-bond donors (Lipinski definition) is 4. The van der Waals surface area contributed by atoms with Crippen LogP contribution < -0.4 is 11.1 Å². The number of fused-ring (bicyclic) bond motifs is 1. The van der Waals surface area contributed by atoms with Crippen molar-refractivity contribution in [2.75, 3.05) is 18.9 Å². The molecule has 0 saturated heterocycles. The number of aromatic amines is 1. The summed E-state index contributed by atoms with van der Waals surface area (Å²) in [6, 6.07) is 1.81. The van der Waals surface area contributed by atoms with Gasteiger partial charge in [0.2, 0.25) is 0 Å². The first-order valence-electron chi connectivity index (χ1n) is 7.02. The Balaban J connectivity index is 1.62. The minimum atomic E-state index is -0.0172. The van der Waals surface area contributed by atoms with Crippen molar-refractivity contribution in [1.82, 2.24) is 20.3 Å². The van der Waals surface area contributed by atoms with Gasteiger partial charge in [-0.2, -0.15) is 0 Å². The molecule has 0 fully saturated rings. The van der Waals surface area contributed by atoms with Crippen molar-refractivity contribution in [2.45, 2.75) is 18.9 Å². The van der Waals surface area contributed by atoms with Gasteiger partial charge in [0.05, 0.1) is 18.6 Å². The standard InChI is InChI=1S/C15H19N5O/c16-14-3-4-18-15-10(1-2-13(14)15)6-19-12(8-21)5-11-7-17-9-20-11/h1,3-4,7,9,12,19,21H,2,5-6,8H2,(H2,16,18)(H,17,20)/t12-/m0/s1. The lowest BCUT2D eigenvalue weighted by molar-refractivity contribution is 0.245. The highest BCUT2D eigenvalue weighted by molar-refractivity contribution is 5.75. The molecule has 1 aliphatic rings. The minimum Gasteiger partial charge on any atom is -0.398 e. The van der Waals surface area contributed by atoms with E-state index >= 15 is 0 Å². The number of allylic oxidation sites excluding steroid dienone is 1. The third-order valence-electron chi connectivity index (χ3n) is 3.77. The molecule has 0 aromatic carbocycles. The highest BCUT2D eigenvalue weighted by atomic mass is 16.3. The largest absolute Gasteiger partial charge is 0.398 e. The topological polar surface area (TPSA) is 99.8 Å². The van der Waals surface area contributed by atoms with Gasteiger partial charge in [0.1, 0.15) is 0 Å². The average molecular weight is 285 g/mol. The van der Waals surface area contributed by atoms with E-state index in [1.165, 1.54) is 0 Å². The zero-order valence-corrected chi connectivity index (χ0v) is 11.7. The van der Waals surface area contributed by atoms with Gasteiger partial charge >= 0.3 is 0 Å². The maximum absolute atomic E-state index is 9.49. The molecule has 2 aromatic rings. The van der Waals surface area contributed by atoms with Crippen LogP contribution in [0, 0.1) is 0 Å². The number of anilines is 1. The lowest BCUT2D eigenvalue weighted by atomic mass is 10.1. The van der Waals surface area contributed by atoms with Gasteiger partial charge in [-0.25, -0.2) is 4.98 Å². The molecule has 0 spiro atoms. The Kier molecular flexibility index (Phi) is 3.98. The Morgan fingerprint density at radius 1 is 1.48 bits per heavy atom. The van der Waals surface area contributed by atoms with Crippen molar-refractivity contribution >= 4 is 11.3 Å². The first-order chi connectivity index (χ1) is 10.3. The fourth-order valence-electron chi connectivity index (χ4n) is 2.59. The lowest BCUT2D eigenvalue weighted by Crippen LogP contribution is -2.35. The summed E-state index contributed by atoms with van der Waals surface area (Å²) in [6.07, 6.45) is 8.84. The second kappa shape index (κ2) is 6.07. The van der Waals surface area contributed by atoms with E-state index in [4.69, 9.17) is 5.73 Å². The van der Waals surface area contributed by atoms with Gasteiger partial charge in [0, 0.05) is 48.3 Å². The molecule has 1 aliphatic carbocycles. The van der Waals surface area contributed by atoms with Crippen LogP contribution in [-0.4, -0.2) is 39.3 Å². The molecule has 2 aromatic heterocycles. The number of pyridine rings is 1. The number of aromatic nitrogens is 3. The number of nitrogens with one attached hydrogen (secondary N) is 2. The number of aliphatic hydroxyl groups excluding tert-OH is 1. The Labute approximate surface area is 123 Å². The SMILES string of the molecule is Nc1ccnc2c1CC=C2CN[C@H](CO)Cc1cnc[nH]1. The first-order valence-corrected chi connectivity index (χ1v) is 7.02. The molecule has 110 valence electrons. The molecule has 2 heterocycles. The van der Waals surface area contributed by atoms with Crippen molar-refractivity contribution in [3.63, 3.8) is 0 Å². The molecule has 1 atom stereocenters. The van der Waals surface area contributed by atoms with E-state index in [-0.39, 0.29) is 12.6 Å². The second-order valence-corrected chi connectivity index (χ2v) is 5.20. The van der Waals surface area contributed by atoms with Gasteiger partial charge in [-0.05, 0) is 18.1 Å². The van der Waals surface area contributed by atoms with Crippen molar-refractivity contribution in [1.29, 1.82) is 0 Å². The molecule has 5 N–H and O–H groups in total. The summed E-state index contributed by atoms with van der Waals surface area (Å²) >= 11 is 0. The summed E-state index contributed by atoms with van der Waals surface area (Å²) in [4.78, 5) is 11.4. The molecule has 0 unspecified atom stereocenters. The van der Waals surface area contributed by atoms with Gasteiger partial charge < -0.3 is 21.1 Å². The van der Waals surface area contributed by atoms with E-state index in [2.05, 4.69) is 26.3 Å². The van der Waals surface area contributed by atoms with Crippen molar-refractivity contribution in [3.8, 4) is 0 Å². The fraction of sp³-hybridized carbons (Fsp3) is 0.333. The summed E-state index contributed by atoms with van der Waals surface area (Å²) in [5, 5.41) is 12.8. The third-order valence-corrected chi connectivity index (χ3v) is 3.77. The number of hydrogen-bond acceptors (Lipinski definition) is 5. The zero-order valence-electron chi connectivity index (χ0n) is 11.7. The fourth-order valence-corrected chi connectivity index (χ4v) is 2.59. The highest BCUT2D eigenvalue weighted by Crippen LogP contribution is 2.28. The van der Waals surface area contributed by atoms with Crippen LogP contribution in [0.15, 0.2) is 30.9 Å². The summed E-state index contributed by atoms with van der Waals surface area (Å²) in [5.41, 5.74) is 11.0. The smallest absolute Gasteiger partial charge is 0.0921 e. The van der Waals surface area contributed by atoms with Gasteiger partial charge in [-0.15, -0.1) is 0 Å². The van der Waals surface area contributed by atoms with E-state index in [1.54, 1.807) is 18.7 Å². The zero-order chi connectivity index (χ0) is 14.7. The lowest BCUT2D eigenvalue weighted by Gasteiger charge is -2.16. The van der Waals surface area contributed by atoms with Gasteiger partial charge in [-0.3, -0.25) is 4.98 Å². The van der Waals surface area contributed by atoms with Gasteiger partial charge in [0.25, 0.3) is 0 Å². The van der Waals surface area contributed by atoms with E-state index < -0.39 is 0 Å². The van der Waals surface area contributed by atoms with Crippen LogP contribution in [0.5, 0.6) is 0 Å². The molecule has 0 saturated carbocycles. The molecule has 0 radical (unpaired) electrons. The van der Waals surface area contributed by atoms with E-state index in [1.807, 2.05) is 6.07 Å². The normalized spacial score (nSPS) is 14.8. The summed E-state index contributed by atoms with van der Waals surface area (Å²) in [6.45, 7) is 0.742. The maximum atomic E-state index is 9.49. The molecule has 0 bridgehead atoms. The second-order valence-electron chi connectivity index (χ2n) is 5.20. The van der Waals surface area contributed by atoms with E-state index in [0.717, 1.165) is 34.6 Å². The number of imidazole rings is 1. The summed E-state index contributed by atoms with van der Waals surface area (Å²) in [7, 11) is 0. The van der Waals surface area contributed by atoms with Crippen LogP contribution in [-0.2, 0) is 12.8 Å². The number of rotatable bonds is 6. The van der Waals surface area contributed by atoms with Gasteiger partial charge in [0.15, 0.2) is 0 Å². The monoisotopic (exact) mass is 285 g/mol. The van der Waals surface area contributed by atoms with Crippen molar-refractivity contribution in [3.05, 3.63) is 47.8 Å². The Hall–Kier alpha value is -2.18. The third kappa shape index (κ3) is 2.96. The number of aliphatic hydroxyl groups is 1. The van der Waals surface area contributed by atoms with Crippen LogP contribution in [0.2, 0.25) is 0 Å². The van der Waals surface area contributed by atoms with Crippen LogP contribution in [0.25, 0.3) is 5.57 Å². The molecule has 21 heavy (non-hydrogen) atoms. The Bertz CT molecular complexity index is 636. The minimum absolute atomic E-state index is 0.0172. The Morgan fingerprint density at radius 2 is 2.38 bits per heavy atom. The predicted octanol–water partition coefficient (Wildman–Crippen LogP) is 0.520. The summed E-state index contributed by atoms with van der Waals surface area (Å²) < 4.78 is 0. The molecular weight excluding hydrogens is 266 g/mol. The molecule has 6 nitrogen and oxygen atoms in total. The van der Waals surface area contributed by atoms with E-state index in [0.29, 0.717) is 13.0 Å².